The topological polar surface area (TPSA) is 81.9 Å². The Hall–Kier alpha value is -3.22. The van der Waals surface area contributed by atoms with Crippen molar-refractivity contribution in [1.29, 1.82) is 0 Å². The lowest BCUT2D eigenvalue weighted by Gasteiger charge is -2.12. The van der Waals surface area contributed by atoms with Gasteiger partial charge in [-0.3, -0.25) is 4.79 Å². The highest BCUT2D eigenvalue weighted by Gasteiger charge is 2.15. The zero-order valence-electron chi connectivity index (χ0n) is 13.9. The third-order valence-corrected chi connectivity index (χ3v) is 3.70. The number of rotatable bonds is 7. The number of amides is 1. The van der Waals surface area contributed by atoms with Crippen LogP contribution in [0, 0.1) is 0 Å². The summed E-state index contributed by atoms with van der Waals surface area (Å²) in [7, 11) is 0. The van der Waals surface area contributed by atoms with Crippen LogP contribution in [-0.4, -0.2) is 32.3 Å². The van der Waals surface area contributed by atoms with E-state index in [1.807, 2.05) is 18.2 Å². The van der Waals surface area contributed by atoms with Crippen molar-refractivity contribution in [2.75, 3.05) is 11.9 Å². The van der Waals surface area contributed by atoms with Gasteiger partial charge >= 0.3 is 0 Å². The lowest BCUT2D eigenvalue weighted by atomic mass is 10.2. The molecule has 0 aliphatic rings. The molecule has 1 N–H and O–H groups in total. The van der Waals surface area contributed by atoms with Gasteiger partial charge in [0, 0.05) is 12.5 Å². The van der Waals surface area contributed by atoms with E-state index in [2.05, 4.69) is 32.5 Å². The molecule has 1 atom stereocenters. The van der Waals surface area contributed by atoms with Crippen molar-refractivity contribution < 1.29 is 9.53 Å². The monoisotopic (exact) mass is 337 g/mol. The minimum absolute atomic E-state index is 0.190. The molecule has 1 aromatic carbocycles. The molecule has 25 heavy (non-hydrogen) atoms. The van der Waals surface area contributed by atoms with Gasteiger partial charge in [-0.1, -0.05) is 30.3 Å². The van der Waals surface area contributed by atoms with Crippen LogP contribution in [0.4, 0.5) is 5.69 Å². The molecule has 0 saturated heterocycles. The molecular formula is C18H19N5O2. The first-order valence-corrected chi connectivity index (χ1v) is 8.00. The molecule has 2 heterocycles. The number of anilines is 1. The van der Waals surface area contributed by atoms with E-state index in [0.29, 0.717) is 18.2 Å². The van der Waals surface area contributed by atoms with Gasteiger partial charge in [0.05, 0.1) is 18.5 Å². The van der Waals surface area contributed by atoms with Gasteiger partial charge in [-0.25, -0.2) is 14.6 Å². The Labute approximate surface area is 145 Å². The second-order valence-electron chi connectivity index (χ2n) is 5.51. The molecule has 2 aromatic heterocycles. The standard InChI is InChI=1S/C18H19N5O2/c1-14(23-13-19-12-21-23)18(24)22-16-7-8-17(20-11-16)25-10-9-15-5-3-2-4-6-15/h2-8,11-14H,9-10H2,1H3,(H,22,24). The first-order chi connectivity index (χ1) is 12.2. The van der Waals surface area contributed by atoms with E-state index in [0.717, 1.165) is 6.42 Å². The van der Waals surface area contributed by atoms with Crippen LogP contribution in [0.15, 0.2) is 61.3 Å². The van der Waals surface area contributed by atoms with Crippen LogP contribution in [0.2, 0.25) is 0 Å². The summed E-state index contributed by atoms with van der Waals surface area (Å²) < 4.78 is 7.12. The van der Waals surface area contributed by atoms with Gasteiger partial charge in [0.1, 0.15) is 18.7 Å². The Morgan fingerprint density at radius 2 is 2.08 bits per heavy atom. The van der Waals surface area contributed by atoms with E-state index < -0.39 is 6.04 Å². The smallest absolute Gasteiger partial charge is 0.249 e. The lowest BCUT2D eigenvalue weighted by Crippen LogP contribution is -2.24. The molecule has 128 valence electrons. The van der Waals surface area contributed by atoms with E-state index in [4.69, 9.17) is 4.74 Å². The minimum Gasteiger partial charge on any atom is -0.477 e. The molecule has 3 rings (SSSR count). The van der Waals surface area contributed by atoms with Crippen LogP contribution in [0.5, 0.6) is 5.88 Å². The number of hydrogen-bond acceptors (Lipinski definition) is 5. The van der Waals surface area contributed by atoms with Crippen LogP contribution in [0.25, 0.3) is 0 Å². The van der Waals surface area contributed by atoms with E-state index in [1.54, 1.807) is 25.3 Å². The Morgan fingerprint density at radius 3 is 2.76 bits per heavy atom. The fourth-order valence-electron chi connectivity index (χ4n) is 2.24. The van der Waals surface area contributed by atoms with Crippen molar-refractivity contribution in [3.05, 3.63) is 66.9 Å². The first-order valence-electron chi connectivity index (χ1n) is 8.00. The molecule has 1 amide bonds. The van der Waals surface area contributed by atoms with E-state index in [9.17, 15) is 4.79 Å². The maximum atomic E-state index is 12.2. The molecule has 0 fully saturated rings. The van der Waals surface area contributed by atoms with Crippen molar-refractivity contribution in [3.8, 4) is 5.88 Å². The number of carbonyl (C=O) groups excluding carboxylic acids is 1. The third kappa shape index (κ3) is 4.63. The number of nitrogens with zero attached hydrogens (tertiary/aromatic N) is 4. The number of carbonyl (C=O) groups is 1. The Kier molecular flexibility index (Phi) is 5.36. The third-order valence-electron chi connectivity index (χ3n) is 3.70. The summed E-state index contributed by atoms with van der Waals surface area (Å²) in [6.07, 6.45) is 5.29. The number of nitrogens with one attached hydrogen (secondary N) is 1. The molecule has 3 aromatic rings. The summed E-state index contributed by atoms with van der Waals surface area (Å²) in [5.74, 6) is 0.336. The quantitative estimate of drug-likeness (QED) is 0.716. The lowest BCUT2D eigenvalue weighted by molar-refractivity contribution is -0.119. The summed E-state index contributed by atoms with van der Waals surface area (Å²) in [6, 6.07) is 13.2. The van der Waals surface area contributed by atoms with Crippen molar-refractivity contribution in [3.63, 3.8) is 0 Å². The summed E-state index contributed by atoms with van der Waals surface area (Å²) in [5, 5.41) is 6.75. The summed E-state index contributed by atoms with van der Waals surface area (Å²) in [4.78, 5) is 20.2. The van der Waals surface area contributed by atoms with Gasteiger partial charge in [0.25, 0.3) is 0 Å². The second kappa shape index (κ2) is 8.05. The molecule has 1 unspecified atom stereocenters. The highest BCUT2D eigenvalue weighted by atomic mass is 16.5. The largest absolute Gasteiger partial charge is 0.477 e. The summed E-state index contributed by atoms with van der Waals surface area (Å²) >= 11 is 0. The Morgan fingerprint density at radius 1 is 1.24 bits per heavy atom. The molecular weight excluding hydrogens is 318 g/mol. The van der Waals surface area contributed by atoms with Gasteiger partial charge in [-0.2, -0.15) is 5.10 Å². The molecule has 0 aliphatic heterocycles. The van der Waals surface area contributed by atoms with Gasteiger partial charge in [-0.05, 0) is 18.6 Å². The van der Waals surface area contributed by atoms with Crippen molar-refractivity contribution >= 4 is 11.6 Å². The van der Waals surface area contributed by atoms with Crippen LogP contribution in [0.1, 0.15) is 18.5 Å². The predicted molar refractivity (Wildman–Crippen MR) is 93.2 cm³/mol. The molecule has 0 bridgehead atoms. The van der Waals surface area contributed by atoms with Crippen molar-refractivity contribution in [2.45, 2.75) is 19.4 Å². The highest BCUT2D eigenvalue weighted by Crippen LogP contribution is 2.14. The number of ether oxygens (including phenoxy) is 1. The summed E-state index contributed by atoms with van der Waals surface area (Å²) in [6.45, 7) is 2.30. The number of hydrogen-bond donors (Lipinski definition) is 1. The molecule has 7 heteroatoms. The average Bonchev–Trinajstić information content (AvgIpc) is 3.18. The van der Waals surface area contributed by atoms with Crippen molar-refractivity contribution in [2.24, 2.45) is 0 Å². The molecule has 0 aliphatic carbocycles. The SMILES string of the molecule is CC(C(=O)Nc1ccc(OCCc2ccccc2)nc1)n1cncn1. The highest BCUT2D eigenvalue weighted by molar-refractivity contribution is 5.93. The molecule has 0 saturated carbocycles. The van der Waals surface area contributed by atoms with Crippen LogP contribution >= 0.6 is 0 Å². The van der Waals surface area contributed by atoms with Gasteiger partial charge in [0.2, 0.25) is 11.8 Å². The fourth-order valence-corrected chi connectivity index (χ4v) is 2.24. The maximum Gasteiger partial charge on any atom is 0.249 e. The minimum atomic E-state index is -0.454. The second-order valence-corrected chi connectivity index (χ2v) is 5.51. The van der Waals surface area contributed by atoms with E-state index in [1.165, 1.54) is 22.9 Å². The molecule has 0 radical (unpaired) electrons. The predicted octanol–water partition coefficient (Wildman–Crippen LogP) is 2.49. The van der Waals surface area contributed by atoms with Crippen LogP contribution in [0.3, 0.4) is 0 Å². The Balaban J connectivity index is 1.49. The molecule has 7 nitrogen and oxygen atoms in total. The zero-order chi connectivity index (χ0) is 17.5. The first kappa shape index (κ1) is 16.6. The van der Waals surface area contributed by atoms with Gasteiger partial charge < -0.3 is 10.1 Å². The zero-order valence-corrected chi connectivity index (χ0v) is 13.9. The molecule has 0 spiro atoms. The number of aromatic nitrogens is 4. The van der Waals surface area contributed by atoms with Crippen LogP contribution < -0.4 is 10.1 Å². The van der Waals surface area contributed by atoms with Gasteiger partial charge in [-0.15, -0.1) is 0 Å². The van der Waals surface area contributed by atoms with E-state index >= 15 is 0 Å². The normalized spacial score (nSPS) is 11.7. The van der Waals surface area contributed by atoms with E-state index in [-0.39, 0.29) is 5.91 Å². The fraction of sp³-hybridized carbons (Fsp3) is 0.222. The van der Waals surface area contributed by atoms with Crippen LogP contribution in [-0.2, 0) is 11.2 Å². The summed E-state index contributed by atoms with van der Waals surface area (Å²) in [5.41, 5.74) is 1.82. The maximum absolute atomic E-state index is 12.2. The number of pyridine rings is 1. The van der Waals surface area contributed by atoms with Gasteiger partial charge in [0.15, 0.2) is 0 Å². The Bertz CT molecular complexity index is 788. The average molecular weight is 337 g/mol. The number of benzene rings is 1. The van der Waals surface area contributed by atoms with Crippen molar-refractivity contribution in [1.82, 2.24) is 19.7 Å².